The lowest BCUT2D eigenvalue weighted by molar-refractivity contribution is -0.121. The van der Waals surface area contributed by atoms with Gasteiger partial charge in [-0.2, -0.15) is 0 Å². The number of nitrogens with one attached hydrogen (secondary N) is 2. The first-order valence-corrected chi connectivity index (χ1v) is 4.87. The molecule has 0 fully saturated rings. The third-order valence-corrected chi connectivity index (χ3v) is 1.93. The summed E-state index contributed by atoms with van der Waals surface area (Å²) >= 11 is 0. The molecule has 16 heavy (non-hydrogen) atoms. The van der Waals surface area contributed by atoms with Crippen LogP contribution in [0.2, 0.25) is 0 Å². The van der Waals surface area contributed by atoms with E-state index in [4.69, 9.17) is 9.52 Å². The van der Waals surface area contributed by atoms with E-state index in [1.807, 2.05) is 0 Å². The van der Waals surface area contributed by atoms with Gasteiger partial charge in [0.05, 0.1) is 6.54 Å². The monoisotopic (exact) mass is 226 g/mol. The molecule has 0 atom stereocenters. The molecule has 0 aliphatic rings. The van der Waals surface area contributed by atoms with Gasteiger partial charge in [0, 0.05) is 13.0 Å². The molecule has 0 saturated carbocycles. The van der Waals surface area contributed by atoms with Crippen molar-refractivity contribution in [3.63, 3.8) is 0 Å². The summed E-state index contributed by atoms with van der Waals surface area (Å²) in [5, 5.41) is 14.1. The van der Waals surface area contributed by atoms with E-state index in [9.17, 15) is 9.59 Å². The van der Waals surface area contributed by atoms with Crippen molar-refractivity contribution in [3.8, 4) is 0 Å². The Hall–Kier alpha value is -1.82. The van der Waals surface area contributed by atoms with Crippen molar-refractivity contribution in [2.24, 2.45) is 0 Å². The standard InChI is InChI=1S/C10H14N2O4/c1-11-5-4-9(13)12-6-7-2-3-8(16-7)10(14)15/h2-3,11H,4-6H2,1H3,(H,12,13)(H,14,15). The summed E-state index contributed by atoms with van der Waals surface area (Å²) < 4.78 is 4.97. The Morgan fingerprint density at radius 3 is 2.75 bits per heavy atom. The Morgan fingerprint density at radius 1 is 1.44 bits per heavy atom. The molecule has 0 spiro atoms. The van der Waals surface area contributed by atoms with Crippen LogP contribution in [0, 0.1) is 0 Å². The van der Waals surface area contributed by atoms with Crippen LogP contribution < -0.4 is 10.6 Å². The molecular formula is C10H14N2O4. The fourth-order valence-electron chi connectivity index (χ4n) is 1.10. The summed E-state index contributed by atoms with van der Waals surface area (Å²) in [5.41, 5.74) is 0. The molecule has 0 saturated heterocycles. The van der Waals surface area contributed by atoms with Gasteiger partial charge in [0.2, 0.25) is 11.7 Å². The van der Waals surface area contributed by atoms with Crippen LogP contribution in [-0.4, -0.2) is 30.6 Å². The lowest BCUT2D eigenvalue weighted by Gasteiger charge is -2.02. The lowest BCUT2D eigenvalue weighted by atomic mass is 10.3. The Bertz CT molecular complexity index is 373. The molecule has 3 N–H and O–H groups in total. The first kappa shape index (κ1) is 12.3. The van der Waals surface area contributed by atoms with Gasteiger partial charge in [-0.05, 0) is 19.2 Å². The molecule has 88 valence electrons. The Balaban J connectivity index is 2.36. The van der Waals surface area contributed by atoms with Crippen LogP contribution in [0.1, 0.15) is 22.7 Å². The van der Waals surface area contributed by atoms with Crippen LogP contribution in [0.25, 0.3) is 0 Å². The second-order valence-corrected chi connectivity index (χ2v) is 3.20. The molecule has 0 bridgehead atoms. The summed E-state index contributed by atoms with van der Waals surface area (Å²) in [7, 11) is 1.76. The number of carboxylic acid groups (broad SMARTS) is 1. The van der Waals surface area contributed by atoms with Crippen LogP contribution in [0.3, 0.4) is 0 Å². The molecule has 6 nitrogen and oxygen atoms in total. The van der Waals surface area contributed by atoms with Gasteiger partial charge in [-0.15, -0.1) is 0 Å². The van der Waals surface area contributed by atoms with Gasteiger partial charge in [0.25, 0.3) is 0 Å². The number of rotatable bonds is 6. The summed E-state index contributed by atoms with van der Waals surface area (Å²) in [6, 6.07) is 2.89. The van der Waals surface area contributed by atoms with Crippen LogP contribution >= 0.6 is 0 Å². The Kier molecular flexibility index (Phi) is 4.53. The molecule has 1 heterocycles. The average molecular weight is 226 g/mol. The number of carbonyl (C=O) groups excluding carboxylic acids is 1. The molecule has 0 aliphatic heterocycles. The number of furan rings is 1. The first-order valence-electron chi connectivity index (χ1n) is 4.87. The normalized spacial score (nSPS) is 10.1. The van der Waals surface area contributed by atoms with Crippen molar-refractivity contribution in [1.82, 2.24) is 10.6 Å². The molecule has 1 amide bonds. The SMILES string of the molecule is CNCCC(=O)NCc1ccc(C(=O)O)o1. The third-order valence-electron chi connectivity index (χ3n) is 1.93. The molecule has 6 heteroatoms. The molecule has 1 aromatic rings. The number of aromatic carboxylic acids is 1. The van der Waals surface area contributed by atoms with E-state index in [0.29, 0.717) is 18.7 Å². The van der Waals surface area contributed by atoms with Crippen molar-refractivity contribution in [2.75, 3.05) is 13.6 Å². The lowest BCUT2D eigenvalue weighted by Crippen LogP contribution is -2.25. The van der Waals surface area contributed by atoms with Gasteiger partial charge in [-0.25, -0.2) is 4.79 Å². The van der Waals surface area contributed by atoms with E-state index < -0.39 is 5.97 Å². The largest absolute Gasteiger partial charge is 0.475 e. The number of hydrogen-bond donors (Lipinski definition) is 3. The van der Waals surface area contributed by atoms with E-state index in [1.54, 1.807) is 7.05 Å². The summed E-state index contributed by atoms with van der Waals surface area (Å²) in [6.45, 7) is 0.806. The maximum absolute atomic E-state index is 11.2. The quantitative estimate of drug-likeness (QED) is 0.644. The highest BCUT2D eigenvalue weighted by molar-refractivity contribution is 5.84. The van der Waals surface area contributed by atoms with Crippen molar-refractivity contribution < 1.29 is 19.1 Å². The van der Waals surface area contributed by atoms with Gasteiger partial charge < -0.3 is 20.2 Å². The number of carbonyl (C=O) groups is 2. The van der Waals surface area contributed by atoms with E-state index in [1.165, 1.54) is 12.1 Å². The summed E-state index contributed by atoms with van der Waals surface area (Å²) in [4.78, 5) is 21.7. The maximum atomic E-state index is 11.2. The molecule has 1 aromatic heterocycles. The highest BCUT2D eigenvalue weighted by Crippen LogP contribution is 2.07. The van der Waals surface area contributed by atoms with Crippen molar-refractivity contribution in [1.29, 1.82) is 0 Å². The van der Waals surface area contributed by atoms with Crippen LogP contribution in [0.5, 0.6) is 0 Å². The zero-order chi connectivity index (χ0) is 12.0. The van der Waals surface area contributed by atoms with Crippen molar-refractivity contribution >= 4 is 11.9 Å². The van der Waals surface area contributed by atoms with E-state index in [0.717, 1.165) is 0 Å². The second-order valence-electron chi connectivity index (χ2n) is 3.20. The highest BCUT2D eigenvalue weighted by Gasteiger charge is 2.09. The molecule has 0 radical (unpaired) electrons. The van der Waals surface area contributed by atoms with Crippen molar-refractivity contribution in [2.45, 2.75) is 13.0 Å². The Morgan fingerprint density at radius 2 is 2.19 bits per heavy atom. The Labute approximate surface area is 92.6 Å². The van der Waals surface area contributed by atoms with E-state index in [-0.39, 0.29) is 18.2 Å². The number of hydrogen-bond acceptors (Lipinski definition) is 4. The van der Waals surface area contributed by atoms with Gasteiger partial charge in [-0.1, -0.05) is 0 Å². The van der Waals surface area contributed by atoms with Crippen molar-refractivity contribution in [3.05, 3.63) is 23.7 Å². The summed E-state index contributed by atoms with van der Waals surface area (Å²) in [6.07, 6.45) is 0.378. The van der Waals surface area contributed by atoms with Gasteiger partial charge in [0.1, 0.15) is 5.76 Å². The minimum Gasteiger partial charge on any atom is -0.475 e. The topological polar surface area (TPSA) is 91.6 Å². The molecule has 0 unspecified atom stereocenters. The van der Waals surface area contributed by atoms with Gasteiger partial charge in [-0.3, -0.25) is 4.79 Å². The van der Waals surface area contributed by atoms with Crippen LogP contribution in [-0.2, 0) is 11.3 Å². The molecule has 1 rings (SSSR count). The zero-order valence-electron chi connectivity index (χ0n) is 8.95. The van der Waals surface area contributed by atoms with Crippen LogP contribution in [0.15, 0.2) is 16.5 Å². The fraction of sp³-hybridized carbons (Fsp3) is 0.400. The maximum Gasteiger partial charge on any atom is 0.371 e. The zero-order valence-corrected chi connectivity index (χ0v) is 8.95. The predicted molar refractivity (Wildman–Crippen MR) is 56.1 cm³/mol. The summed E-state index contributed by atoms with van der Waals surface area (Å²) in [5.74, 6) is -0.926. The molecule has 0 aliphatic carbocycles. The fourth-order valence-corrected chi connectivity index (χ4v) is 1.10. The molecular weight excluding hydrogens is 212 g/mol. The predicted octanol–water partition coefficient (Wildman–Crippen LogP) is 0.203. The smallest absolute Gasteiger partial charge is 0.371 e. The van der Waals surface area contributed by atoms with E-state index in [2.05, 4.69) is 10.6 Å². The third kappa shape index (κ3) is 3.74. The minimum absolute atomic E-state index is 0.109. The van der Waals surface area contributed by atoms with E-state index >= 15 is 0 Å². The van der Waals surface area contributed by atoms with Gasteiger partial charge in [0.15, 0.2) is 0 Å². The van der Waals surface area contributed by atoms with Gasteiger partial charge >= 0.3 is 5.97 Å². The number of carboxylic acids is 1. The highest BCUT2D eigenvalue weighted by atomic mass is 16.4. The first-order chi connectivity index (χ1) is 7.63. The second kappa shape index (κ2) is 5.92. The minimum atomic E-state index is -1.12. The number of amides is 1. The molecule has 0 aromatic carbocycles. The average Bonchev–Trinajstić information content (AvgIpc) is 2.72. The van der Waals surface area contributed by atoms with Crippen LogP contribution in [0.4, 0.5) is 0 Å².